The molecule has 0 bridgehead atoms. The van der Waals surface area contributed by atoms with Crippen LogP contribution in [0.25, 0.3) is 0 Å². The number of methoxy groups -OCH3 is 1. The molecule has 0 saturated heterocycles. The zero-order valence-electron chi connectivity index (χ0n) is 11.0. The second-order valence-electron chi connectivity index (χ2n) is 5.01. The number of ether oxygens (including phenoxy) is 1. The molecule has 0 radical (unpaired) electrons. The number of rotatable bonds is 4. The molecule has 1 aliphatic carbocycles. The van der Waals surface area contributed by atoms with Gasteiger partial charge in [-0.3, -0.25) is 10.1 Å². The third-order valence-electron chi connectivity index (χ3n) is 3.49. The molecule has 1 fully saturated rings. The Labute approximate surface area is 110 Å². The fourth-order valence-electron chi connectivity index (χ4n) is 2.42. The Morgan fingerprint density at radius 2 is 2.05 bits per heavy atom. The zero-order chi connectivity index (χ0) is 14.6. The van der Waals surface area contributed by atoms with Crippen LogP contribution in [0.3, 0.4) is 0 Å². The number of esters is 1. The topological polar surface area (TPSA) is 58.6 Å². The van der Waals surface area contributed by atoms with Crippen molar-refractivity contribution in [1.29, 1.82) is 0 Å². The van der Waals surface area contributed by atoms with Gasteiger partial charge in [-0.15, -0.1) is 0 Å². The van der Waals surface area contributed by atoms with Gasteiger partial charge in [0, 0.05) is 6.04 Å². The Hall–Kier alpha value is -0.820. The quantitative estimate of drug-likeness (QED) is 0.770. The van der Waals surface area contributed by atoms with Crippen molar-refractivity contribution in [1.82, 2.24) is 5.32 Å². The second-order valence-corrected chi connectivity index (χ2v) is 5.01. The lowest BCUT2D eigenvalue weighted by molar-refractivity contribution is -0.184. The minimum absolute atomic E-state index is 0.0658. The normalized spacial score (nSPS) is 27.7. The molecule has 0 aromatic carbocycles. The predicted molar refractivity (Wildman–Crippen MR) is 62.4 cm³/mol. The number of nitrogens with one attached hydrogen (secondary N) is 1. The van der Waals surface area contributed by atoms with Gasteiger partial charge >= 0.3 is 12.1 Å². The summed E-state index contributed by atoms with van der Waals surface area (Å²) in [7, 11) is 1.18. The molecule has 112 valence electrons. The molecule has 0 spiro atoms. The molecule has 1 saturated carbocycles. The lowest BCUT2D eigenvalue weighted by Gasteiger charge is -2.33. The van der Waals surface area contributed by atoms with Gasteiger partial charge in [-0.1, -0.05) is 6.42 Å². The fourth-order valence-corrected chi connectivity index (χ4v) is 2.42. The summed E-state index contributed by atoms with van der Waals surface area (Å²) in [6.07, 6.45) is -4.14. The van der Waals surface area contributed by atoms with Crippen LogP contribution in [0.1, 0.15) is 32.6 Å². The molecule has 4 nitrogen and oxygen atoms in total. The van der Waals surface area contributed by atoms with Gasteiger partial charge in [-0.05, 0) is 26.2 Å². The lowest BCUT2D eigenvalue weighted by Crippen LogP contribution is -2.51. The number of hydrogen-bond acceptors (Lipinski definition) is 4. The van der Waals surface area contributed by atoms with E-state index in [-0.39, 0.29) is 12.8 Å². The van der Waals surface area contributed by atoms with E-state index in [9.17, 15) is 23.1 Å². The van der Waals surface area contributed by atoms with Crippen LogP contribution in [-0.4, -0.2) is 42.5 Å². The van der Waals surface area contributed by atoms with Crippen LogP contribution in [0.15, 0.2) is 0 Å². The minimum atomic E-state index is -4.20. The van der Waals surface area contributed by atoms with E-state index in [0.717, 1.165) is 0 Å². The number of aliphatic hydroxyl groups is 1. The summed E-state index contributed by atoms with van der Waals surface area (Å²) in [4.78, 5) is 11.4. The van der Waals surface area contributed by atoms with E-state index >= 15 is 0 Å². The summed E-state index contributed by atoms with van der Waals surface area (Å²) in [5.74, 6) is -2.00. The summed E-state index contributed by atoms with van der Waals surface area (Å²) < 4.78 is 42.5. The van der Waals surface area contributed by atoms with Crippen molar-refractivity contribution in [2.45, 2.75) is 57.0 Å². The Morgan fingerprint density at radius 3 is 2.53 bits per heavy atom. The van der Waals surface area contributed by atoms with Crippen LogP contribution >= 0.6 is 0 Å². The fraction of sp³-hybridized carbons (Fsp3) is 0.917. The first-order valence-electron chi connectivity index (χ1n) is 6.34. The van der Waals surface area contributed by atoms with Gasteiger partial charge in [0.1, 0.15) is 6.04 Å². The zero-order valence-corrected chi connectivity index (χ0v) is 11.0. The van der Waals surface area contributed by atoms with E-state index in [1.54, 1.807) is 0 Å². The van der Waals surface area contributed by atoms with Crippen molar-refractivity contribution in [3.05, 3.63) is 0 Å². The van der Waals surface area contributed by atoms with E-state index in [4.69, 9.17) is 0 Å². The molecule has 0 aromatic rings. The summed E-state index contributed by atoms with van der Waals surface area (Å²) in [5, 5.41) is 12.3. The highest BCUT2D eigenvalue weighted by Crippen LogP contribution is 2.37. The third-order valence-corrected chi connectivity index (χ3v) is 3.49. The maximum atomic E-state index is 12.7. The lowest BCUT2D eigenvalue weighted by atomic mass is 9.85. The largest absolute Gasteiger partial charge is 0.468 e. The number of carbonyl (C=O) groups excluding carboxylic acids is 1. The average Bonchev–Trinajstić information content (AvgIpc) is 2.34. The summed E-state index contributed by atoms with van der Waals surface area (Å²) in [6.45, 7) is 1.40. The second kappa shape index (κ2) is 6.56. The summed E-state index contributed by atoms with van der Waals surface area (Å²) >= 11 is 0. The first kappa shape index (κ1) is 16.2. The van der Waals surface area contributed by atoms with E-state index in [1.165, 1.54) is 14.0 Å². The van der Waals surface area contributed by atoms with Gasteiger partial charge in [0.15, 0.2) is 0 Å². The molecule has 0 heterocycles. The van der Waals surface area contributed by atoms with Crippen molar-refractivity contribution in [3.63, 3.8) is 0 Å². The highest BCUT2D eigenvalue weighted by molar-refractivity contribution is 5.76. The number of hydrogen-bond donors (Lipinski definition) is 2. The van der Waals surface area contributed by atoms with Gasteiger partial charge in [-0.2, -0.15) is 13.2 Å². The molecular formula is C12H20F3NO3. The van der Waals surface area contributed by atoms with Gasteiger partial charge in [-0.25, -0.2) is 0 Å². The van der Waals surface area contributed by atoms with Crippen molar-refractivity contribution in [2.24, 2.45) is 5.92 Å². The molecule has 2 N–H and O–H groups in total. The highest BCUT2D eigenvalue weighted by Gasteiger charge is 2.43. The molecule has 0 aromatic heterocycles. The van der Waals surface area contributed by atoms with Crippen molar-refractivity contribution >= 4 is 5.97 Å². The number of aliphatic hydroxyl groups excluding tert-OH is 1. The Kier molecular flexibility index (Phi) is 5.61. The SMILES string of the molecule is COC(=O)[C@H](N[C@@H]1CCC[C@@H](C(F)(F)F)C1)[C@H](C)O. The van der Waals surface area contributed by atoms with Crippen LogP contribution in [-0.2, 0) is 9.53 Å². The Balaban J connectivity index is 2.62. The molecule has 19 heavy (non-hydrogen) atoms. The van der Waals surface area contributed by atoms with Crippen LogP contribution in [0.2, 0.25) is 0 Å². The van der Waals surface area contributed by atoms with Gasteiger partial charge < -0.3 is 9.84 Å². The van der Waals surface area contributed by atoms with Gasteiger partial charge in [0.25, 0.3) is 0 Å². The van der Waals surface area contributed by atoms with Gasteiger partial charge in [0.05, 0.1) is 19.1 Å². The number of halogens is 3. The standard InChI is InChI=1S/C12H20F3NO3/c1-7(17)10(11(18)19-2)16-9-5-3-4-8(6-9)12(13,14)15/h7-10,16-17H,3-6H2,1-2H3/t7-,8+,9+,10+/m0/s1. The van der Waals surface area contributed by atoms with Gasteiger partial charge in [0.2, 0.25) is 0 Å². The number of alkyl halides is 3. The maximum absolute atomic E-state index is 12.7. The van der Waals surface area contributed by atoms with Crippen LogP contribution in [0, 0.1) is 5.92 Å². The highest BCUT2D eigenvalue weighted by atomic mass is 19.4. The molecular weight excluding hydrogens is 263 g/mol. The predicted octanol–water partition coefficient (Wildman–Crippen LogP) is 1.62. The molecule has 0 aliphatic heterocycles. The molecule has 4 atom stereocenters. The third kappa shape index (κ3) is 4.65. The Bertz CT molecular complexity index is 307. The average molecular weight is 283 g/mol. The van der Waals surface area contributed by atoms with Crippen LogP contribution in [0.4, 0.5) is 13.2 Å². The maximum Gasteiger partial charge on any atom is 0.391 e. The number of carbonyl (C=O) groups is 1. The monoisotopic (exact) mass is 283 g/mol. The van der Waals surface area contributed by atoms with Crippen LogP contribution in [0.5, 0.6) is 0 Å². The van der Waals surface area contributed by atoms with E-state index in [2.05, 4.69) is 10.1 Å². The smallest absolute Gasteiger partial charge is 0.391 e. The van der Waals surface area contributed by atoms with Crippen LogP contribution < -0.4 is 5.32 Å². The minimum Gasteiger partial charge on any atom is -0.468 e. The van der Waals surface area contributed by atoms with E-state index in [0.29, 0.717) is 12.8 Å². The Morgan fingerprint density at radius 1 is 1.42 bits per heavy atom. The molecule has 1 rings (SSSR count). The summed E-state index contributed by atoms with van der Waals surface area (Å²) in [6, 6.07) is -1.42. The van der Waals surface area contributed by atoms with Crippen molar-refractivity contribution < 1.29 is 27.8 Å². The van der Waals surface area contributed by atoms with Crippen molar-refractivity contribution in [2.75, 3.05) is 7.11 Å². The van der Waals surface area contributed by atoms with Crippen molar-refractivity contribution in [3.8, 4) is 0 Å². The molecule has 0 unspecified atom stereocenters. The molecule has 0 amide bonds. The first-order valence-corrected chi connectivity index (χ1v) is 6.34. The van der Waals surface area contributed by atoms with E-state index < -0.39 is 36.3 Å². The molecule has 7 heteroatoms. The first-order chi connectivity index (χ1) is 8.75. The molecule has 1 aliphatic rings. The summed E-state index contributed by atoms with van der Waals surface area (Å²) in [5.41, 5.74) is 0. The van der Waals surface area contributed by atoms with E-state index in [1.807, 2.05) is 0 Å².